The fourth-order valence-electron chi connectivity index (χ4n) is 2.23. The van der Waals surface area contributed by atoms with Gasteiger partial charge in [0.05, 0.1) is 6.42 Å². The third kappa shape index (κ3) is 3.26. The summed E-state index contributed by atoms with van der Waals surface area (Å²) in [7, 11) is 0. The number of H-pyrrole nitrogens is 1. The minimum Gasteiger partial charge on any atom is -0.461 e. The molecule has 0 aliphatic rings. The van der Waals surface area contributed by atoms with Crippen molar-refractivity contribution in [2.24, 2.45) is 0 Å². The molecule has 0 saturated heterocycles. The zero-order chi connectivity index (χ0) is 14.7. The minimum atomic E-state index is -0.241. The molecular weight excluding hydrogens is 286 g/mol. The molecule has 0 radical (unpaired) electrons. The average Bonchev–Trinajstić information content (AvgIpc) is 2.90. The molecule has 0 atom stereocenters. The van der Waals surface area contributed by atoms with Crippen molar-refractivity contribution in [2.45, 2.75) is 13.0 Å². The lowest BCUT2D eigenvalue weighted by molar-refractivity contribution is -0.144. The Bertz CT molecular complexity index is 762. The Kier molecular flexibility index (Phi) is 3.93. The molecular formula is C17H14ClNO2. The maximum Gasteiger partial charge on any atom is 0.310 e. The van der Waals surface area contributed by atoms with Crippen LogP contribution >= 0.6 is 11.6 Å². The summed E-state index contributed by atoms with van der Waals surface area (Å²) in [5.74, 6) is -0.241. The standard InChI is InChI=1S/C17H14ClNO2/c18-14-7-5-12(6-8-14)11-21-17(20)9-13-10-19-16-4-2-1-3-15(13)16/h1-8,10,19H,9,11H2. The summed E-state index contributed by atoms with van der Waals surface area (Å²) in [6, 6.07) is 15.2. The monoisotopic (exact) mass is 299 g/mol. The molecule has 21 heavy (non-hydrogen) atoms. The summed E-state index contributed by atoms with van der Waals surface area (Å²) in [6.45, 7) is 0.262. The van der Waals surface area contributed by atoms with Crippen LogP contribution in [-0.4, -0.2) is 11.0 Å². The zero-order valence-corrected chi connectivity index (χ0v) is 12.1. The SMILES string of the molecule is O=C(Cc1c[nH]c2ccccc12)OCc1ccc(Cl)cc1. The molecule has 0 saturated carbocycles. The predicted octanol–water partition coefficient (Wildman–Crippen LogP) is 4.11. The largest absolute Gasteiger partial charge is 0.461 e. The molecule has 0 bridgehead atoms. The van der Waals surface area contributed by atoms with E-state index < -0.39 is 0 Å². The lowest BCUT2D eigenvalue weighted by Crippen LogP contribution is -2.07. The number of esters is 1. The number of fused-ring (bicyclic) bond motifs is 1. The van der Waals surface area contributed by atoms with Gasteiger partial charge in [0.15, 0.2) is 0 Å². The van der Waals surface area contributed by atoms with E-state index >= 15 is 0 Å². The number of ether oxygens (including phenoxy) is 1. The Balaban J connectivity index is 1.62. The van der Waals surface area contributed by atoms with Crippen LogP contribution in [-0.2, 0) is 22.6 Å². The van der Waals surface area contributed by atoms with Gasteiger partial charge in [0.1, 0.15) is 6.61 Å². The number of benzene rings is 2. The molecule has 0 unspecified atom stereocenters. The molecule has 0 aliphatic carbocycles. The van der Waals surface area contributed by atoms with Crippen LogP contribution in [0.2, 0.25) is 5.02 Å². The summed E-state index contributed by atoms with van der Waals surface area (Å²) in [4.78, 5) is 15.1. The van der Waals surface area contributed by atoms with E-state index in [1.165, 1.54) is 0 Å². The lowest BCUT2D eigenvalue weighted by Gasteiger charge is -2.04. The van der Waals surface area contributed by atoms with E-state index in [-0.39, 0.29) is 19.0 Å². The molecule has 2 aromatic carbocycles. The molecule has 4 heteroatoms. The molecule has 1 heterocycles. The Hall–Kier alpha value is -2.26. The van der Waals surface area contributed by atoms with Gasteiger partial charge in [-0.15, -0.1) is 0 Å². The second-order valence-corrected chi connectivity index (χ2v) is 5.26. The number of hydrogen-bond acceptors (Lipinski definition) is 2. The molecule has 106 valence electrons. The summed E-state index contributed by atoms with van der Waals surface area (Å²) in [5.41, 5.74) is 2.90. The quantitative estimate of drug-likeness (QED) is 0.737. The van der Waals surface area contributed by atoms with Gasteiger partial charge in [0.25, 0.3) is 0 Å². The Morgan fingerprint density at radius 1 is 1.10 bits per heavy atom. The van der Waals surface area contributed by atoms with Crippen LogP contribution in [0.5, 0.6) is 0 Å². The van der Waals surface area contributed by atoms with Crippen LogP contribution in [0.4, 0.5) is 0 Å². The van der Waals surface area contributed by atoms with Crippen molar-refractivity contribution in [3.8, 4) is 0 Å². The summed E-state index contributed by atoms with van der Waals surface area (Å²) in [6.07, 6.45) is 2.12. The molecule has 3 rings (SSSR count). The minimum absolute atomic E-state index is 0.241. The van der Waals surface area contributed by atoms with Crippen molar-refractivity contribution < 1.29 is 9.53 Å². The van der Waals surface area contributed by atoms with Gasteiger partial charge in [0.2, 0.25) is 0 Å². The highest BCUT2D eigenvalue weighted by molar-refractivity contribution is 6.30. The molecule has 0 aliphatic heterocycles. The number of rotatable bonds is 4. The van der Waals surface area contributed by atoms with Gasteiger partial charge < -0.3 is 9.72 Å². The number of carbonyl (C=O) groups excluding carboxylic acids is 1. The molecule has 0 spiro atoms. The van der Waals surface area contributed by atoms with Gasteiger partial charge in [-0.3, -0.25) is 4.79 Å². The second-order valence-electron chi connectivity index (χ2n) is 4.82. The number of halogens is 1. The number of nitrogens with one attached hydrogen (secondary N) is 1. The lowest BCUT2D eigenvalue weighted by atomic mass is 10.1. The van der Waals surface area contributed by atoms with E-state index in [9.17, 15) is 4.79 Å². The topological polar surface area (TPSA) is 42.1 Å². The van der Waals surface area contributed by atoms with E-state index in [1.807, 2.05) is 42.6 Å². The Morgan fingerprint density at radius 3 is 2.67 bits per heavy atom. The second kappa shape index (κ2) is 6.02. The van der Waals surface area contributed by atoms with Crippen LogP contribution in [0.25, 0.3) is 10.9 Å². The number of aromatic amines is 1. The number of hydrogen-bond donors (Lipinski definition) is 1. The summed E-state index contributed by atoms with van der Waals surface area (Å²) in [5, 5.41) is 1.73. The first-order valence-electron chi connectivity index (χ1n) is 6.67. The maximum absolute atomic E-state index is 11.9. The normalized spacial score (nSPS) is 10.7. The third-order valence-corrected chi connectivity index (χ3v) is 3.57. The van der Waals surface area contributed by atoms with Crippen molar-refractivity contribution >= 4 is 28.5 Å². The van der Waals surface area contributed by atoms with E-state index in [0.29, 0.717) is 5.02 Å². The Labute approximate surface area is 127 Å². The molecule has 3 nitrogen and oxygen atoms in total. The van der Waals surface area contributed by atoms with Crippen LogP contribution in [0, 0.1) is 0 Å². The van der Waals surface area contributed by atoms with Gasteiger partial charge in [-0.25, -0.2) is 0 Å². The third-order valence-electron chi connectivity index (χ3n) is 3.32. The molecule has 1 aromatic heterocycles. The number of carbonyl (C=O) groups is 1. The van der Waals surface area contributed by atoms with E-state index in [0.717, 1.165) is 22.0 Å². The predicted molar refractivity (Wildman–Crippen MR) is 83.3 cm³/mol. The van der Waals surface area contributed by atoms with Crippen LogP contribution in [0.1, 0.15) is 11.1 Å². The van der Waals surface area contributed by atoms with Crippen LogP contribution in [0.15, 0.2) is 54.7 Å². The highest BCUT2D eigenvalue weighted by Crippen LogP contribution is 2.18. The fraction of sp³-hybridized carbons (Fsp3) is 0.118. The van der Waals surface area contributed by atoms with Crippen LogP contribution in [0.3, 0.4) is 0 Å². The van der Waals surface area contributed by atoms with E-state index in [2.05, 4.69) is 4.98 Å². The van der Waals surface area contributed by atoms with E-state index in [1.54, 1.807) is 12.1 Å². The maximum atomic E-state index is 11.9. The van der Waals surface area contributed by atoms with Crippen molar-refractivity contribution in [1.82, 2.24) is 4.98 Å². The first-order valence-corrected chi connectivity index (χ1v) is 7.05. The highest BCUT2D eigenvalue weighted by Gasteiger charge is 2.09. The number of para-hydroxylation sites is 1. The number of aromatic nitrogens is 1. The highest BCUT2D eigenvalue weighted by atomic mass is 35.5. The summed E-state index contributed by atoms with van der Waals surface area (Å²) >= 11 is 5.81. The van der Waals surface area contributed by atoms with Crippen molar-refractivity contribution in [1.29, 1.82) is 0 Å². The fourth-order valence-corrected chi connectivity index (χ4v) is 2.35. The van der Waals surface area contributed by atoms with Crippen molar-refractivity contribution in [3.05, 3.63) is 70.9 Å². The zero-order valence-electron chi connectivity index (χ0n) is 11.3. The van der Waals surface area contributed by atoms with Gasteiger partial charge in [-0.05, 0) is 29.3 Å². The summed E-state index contributed by atoms with van der Waals surface area (Å²) < 4.78 is 5.29. The van der Waals surface area contributed by atoms with Gasteiger partial charge in [-0.1, -0.05) is 41.9 Å². The van der Waals surface area contributed by atoms with Gasteiger partial charge in [-0.2, -0.15) is 0 Å². The molecule has 0 fully saturated rings. The molecule has 1 N–H and O–H groups in total. The van der Waals surface area contributed by atoms with Crippen molar-refractivity contribution in [3.63, 3.8) is 0 Å². The Morgan fingerprint density at radius 2 is 1.86 bits per heavy atom. The van der Waals surface area contributed by atoms with E-state index in [4.69, 9.17) is 16.3 Å². The van der Waals surface area contributed by atoms with Gasteiger partial charge >= 0.3 is 5.97 Å². The first kappa shape index (κ1) is 13.7. The smallest absolute Gasteiger partial charge is 0.310 e. The van der Waals surface area contributed by atoms with Crippen molar-refractivity contribution in [2.75, 3.05) is 0 Å². The molecule has 3 aromatic rings. The van der Waals surface area contributed by atoms with Gasteiger partial charge in [0, 0.05) is 22.1 Å². The first-order chi connectivity index (χ1) is 10.2. The molecule has 0 amide bonds. The average molecular weight is 300 g/mol. The van der Waals surface area contributed by atoms with Crippen LogP contribution < -0.4 is 0 Å².